The molecule has 17 heavy (non-hydrogen) atoms. The van der Waals surface area contributed by atoms with Gasteiger partial charge in [-0.2, -0.15) is 5.10 Å². The van der Waals surface area contributed by atoms with Gasteiger partial charge in [0, 0.05) is 31.9 Å². The van der Waals surface area contributed by atoms with Gasteiger partial charge in [0.05, 0.1) is 11.9 Å². The molecule has 2 heterocycles. The maximum absolute atomic E-state index is 4.34. The topological polar surface area (TPSA) is 33.1 Å². The zero-order valence-electron chi connectivity index (χ0n) is 11.0. The molecule has 1 saturated heterocycles. The Balaban J connectivity index is 1.82. The number of piperidine rings is 1. The van der Waals surface area contributed by atoms with E-state index in [9.17, 15) is 0 Å². The summed E-state index contributed by atoms with van der Waals surface area (Å²) >= 11 is 0. The van der Waals surface area contributed by atoms with E-state index in [1.807, 2.05) is 10.9 Å². The van der Waals surface area contributed by atoms with E-state index < -0.39 is 0 Å². The summed E-state index contributed by atoms with van der Waals surface area (Å²) in [5, 5.41) is 7.95. The molecule has 0 atom stereocenters. The zero-order chi connectivity index (χ0) is 12.1. The lowest BCUT2D eigenvalue weighted by Crippen LogP contribution is -2.42. The fourth-order valence-corrected chi connectivity index (χ4v) is 2.38. The molecule has 2 rings (SSSR count). The molecule has 4 nitrogen and oxygen atoms in total. The normalized spacial score (nSPS) is 17.6. The highest BCUT2D eigenvalue weighted by Crippen LogP contribution is 2.19. The van der Waals surface area contributed by atoms with E-state index in [-0.39, 0.29) is 0 Å². The van der Waals surface area contributed by atoms with Gasteiger partial charge in [-0.1, -0.05) is 6.92 Å². The number of rotatable bonds is 5. The highest BCUT2D eigenvalue weighted by molar-refractivity contribution is 5.42. The minimum absolute atomic E-state index is 0.715. The Labute approximate surface area is 104 Å². The largest absolute Gasteiger partial charge is 0.369 e. The molecule has 0 bridgehead atoms. The molecule has 0 unspecified atom stereocenters. The maximum Gasteiger partial charge on any atom is 0.0752 e. The SMILES string of the molecule is CCCNC1CCN(c2cnn(CC)c2)CC1. The summed E-state index contributed by atoms with van der Waals surface area (Å²) in [5.74, 6) is 0. The smallest absolute Gasteiger partial charge is 0.0752 e. The highest BCUT2D eigenvalue weighted by Gasteiger charge is 2.19. The van der Waals surface area contributed by atoms with Crippen LogP contribution in [0, 0.1) is 0 Å². The molecule has 1 aromatic rings. The predicted molar refractivity (Wildman–Crippen MR) is 71.4 cm³/mol. The van der Waals surface area contributed by atoms with Crippen LogP contribution in [0.25, 0.3) is 0 Å². The summed E-state index contributed by atoms with van der Waals surface area (Å²) in [6.45, 7) is 8.75. The Morgan fingerprint density at radius 1 is 1.35 bits per heavy atom. The predicted octanol–water partition coefficient (Wildman–Crippen LogP) is 1.87. The number of anilines is 1. The first kappa shape index (κ1) is 12.4. The van der Waals surface area contributed by atoms with Crippen molar-refractivity contribution in [1.82, 2.24) is 15.1 Å². The molecule has 96 valence electrons. The second-order valence-electron chi connectivity index (χ2n) is 4.77. The van der Waals surface area contributed by atoms with Crippen LogP contribution in [-0.4, -0.2) is 35.5 Å². The first-order valence-corrected chi connectivity index (χ1v) is 6.84. The molecule has 0 radical (unpaired) electrons. The minimum Gasteiger partial charge on any atom is -0.369 e. The lowest BCUT2D eigenvalue weighted by atomic mass is 10.0. The standard InChI is InChI=1S/C13H24N4/c1-3-7-14-12-5-8-16(9-6-12)13-10-15-17(4-2)11-13/h10-12,14H,3-9H2,1-2H3. The molecule has 0 aromatic carbocycles. The third-order valence-electron chi connectivity index (χ3n) is 3.49. The van der Waals surface area contributed by atoms with Gasteiger partial charge in [-0.15, -0.1) is 0 Å². The van der Waals surface area contributed by atoms with Gasteiger partial charge in [-0.05, 0) is 32.7 Å². The fourth-order valence-electron chi connectivity index (χ4n) is 2.38. The molecule has 4 heteroatoms. The van der Waals surface area contributed by atoms with Crippen molar-refractivity contribution >= 4 is 5.69 Å². The number of hydrogen-bond donors (Lipinski definition) is 1. The summed E-state index contributed by atoms with van der Waals surface area (Å²) in [6, 6.07) is 0.715. The van der Waals surface area contributed by atoms with E-state index in [1.54, 1.807) is 0 Å². The summed E-state index contributed by atoms with van der Waals surface area (Å²) < 4.78 is 2.00. The summed E-state index contributed by atoms with van der Waals surface area (Å²) in [4.78, 5) is 2.45. The second-order valence-corrected chi connectivity index (χ2v) is 4.77. The third-order valence-corrected chi connectivity index (χ3v) is 3.49. The van der Waals surface area contributed by atoms with Gasteiger partial charge in [-0.25, -0.2) is 0 Å². The van der Waals surface area contributed by atoms with Crippen LogP contribution in [0.1, 0.15) is 33.1 Å². The molecule has 0 saturated carbocycles. The number of hydrogen-bond acceptors (Lipinski definition) is 3. The van der Waals surface area contributed by atoms with Gasteiger partial charge >= 0.3 is 0 Å². The molecular weight excluding hydrogens is 212 g/mol. The first-order chi connectivity index (χ1) is 8.33. The second kappa shape index (κ2) is 6.05. The van der Waals surface area contributed by atoms with Gasteiger partial charge in [0.1, 0.15) is 0 Å². The van der Waals surface area contributed by atoms with Crippen LogP contribution >= 0.6 is 0 Å². The van der Waals surface area contributed by atoms with Crippen molar-refractivity contribution in [3.8, 4) is 0 Å². The van der Waals surface area contributed by atoms with Crippen molar-refractivity contribution in [3.63, 3.8) is 0 Å². The van der Waals surface area contributed by atoms with Gasteiger partial charge in [0.2, 0.25) is 0 Å². The molecule has 0 spiro atoms. The molecule has 1 aliphatic heterocycles. The molecule has 1 aromatic heterocycles. The Morgan fingerprint density at radius 2 is 2.12 bits per heavy atom. The van der Waals surface area contributed by atoms with Gasteiger partial charge in [-0.3, -0.25) is 4.68 Å². The van der Waals surface area contributed by atoms with Crippen molar-refractivity contribution in [3.05, 3.63) is 12.4 Å². The molecule has 1 N–H and O–H groups in total. The summed E-state index contributed by atoms with van der Waals surface area (Å²) in [7, 11) is 0. The highest BCUT2D eigenvalue weighted by atomic mass is 15.3. The van der Waals surface area contributed by atoms with E-state index in [2.05, 4.69) is 35.4 Å². The Morgan fingerprint density at radius 3 is 2.71 bits per heavy atom. The number of nitrogens with one attached hydrogen (secondary N) is 1. The quantitative estimate of drug-likeness (QED) is 0.847. The molecule has 0 aliphatic carbocycles. The molecule has 1 fully saturated rings. The number of aryl methyl sites for hydroxylation is 1. The minimum atomic E-state index is 0.715. The summed E-state index contributed by atoms with van der Waals surface area (Å²) in [5.41, 5.74) is 1.28. The Kier molecular flexibility index (Phi) is 4.42. The van der Waals surface area contributed by atoms with Crippen LogP contribution in [0.5, 0.6) is 0 Å². The van der Waals surface area contributed by atoms with E-state index in [1.165, 1.54) is 24.9 Å². The van der Waals surface area contributed by atoms with Gasteiger partial charge < -0.3 is 10.2 Å². The fraction of sp³-hybridized carbons (Fsp3) is 0.769. The lowest BCUT2D eigenvalue weighted by molar-refractivity contribution is 0.416. The van der Waals surface area contributed by atoms with Crippen molar-refractivity contribution < 1.29 is 0 Å². The van der Waals surface area contributed by atoms with E-state index in [0.29, 0.717) is 6.04 Å². The van der Waals surface area contributed by atoms with E-state index in [4.69, 9.17) is 0 Å². The maximum atomic E-state index is 4.34. The molecule has 1 aliphatic rings. The molecule has 0 amide bonds. The monoisotopic (exact) mass is 236 g/mol. The Hall–Kier alpha value is -1.03. The van der Waals surface area contributed by atoms with Crippen LogP contribution in [-0.2, 0) is 6.54 Å². The van der Waals surface area contributed by atoms with Gasteiger partial charge in [0.25, 0.3) is 0 Å². The lowest BCUT2D eigenvalue weighted by Gasteiger charge is -2.33. The van der Waals surface area contributed by atoms with Crippen LogP contribution in [0.3, 0.4) is 0 Å². The van der Waals surface area contributed by atoms with Gasteiger partial charge in [0.15, 0.2) is 0 Å². The number of nitrogens with zero attached hydrogens (tertiary/aromatic N) is 3. The molecular formula is C13H24N4. The number of aromatic nitrogens is 2. The van der Waals surface area contributed by atoms with Crippen LogP contribution in [0.15, 0.2) is 12.4 Å². The van der Waals surface area contributed by atoms with E-state index in [0.717, 1.165) is 26.2 Å². The van der Waals surface area contributed by atoms with Crippen LogP contribution < -0.4 is 10.2 Å². The summed E-state index contributed by atoms with van der Waals surface area (Å²) in [6.07, 6.45) is 7.86. The third kappa shape index (κ3) is 3.22. The average molecular weight is 236 g/mol. The Bertz CT molecular complexity index is 326. The zero-order valence-corrected chi connectivity index (χ0v) is 11.0. The van der Waals surface area contributed by atoms with E-state index >= 15 is 0 Å². The van der Waals surface area contributed by atoms with Crippen molar-refractivity contribution in [2.45, 2.75) is 45.7 Å². The first-order valence-electron chi connectivity index (χ1n) is 6.84. The van der Waals surface area contributed by atoms with Crippen molar-refractivity contribution in [2.24, 2.45) is 0 Å². The van der Waals surface area contributed by atoms with Crippen molar-refractivity contribution in [1.29, 1.82) is 0 Å². The average Bonchev–Trinajstić information content (AvgIpc) is 2.86. The van der Waals surface area contributed by atoms with Crippen molar-refractivity contribution in [2.75, 3.05) is 24.5 Å². The van der Waals surface area contributed by atoms with Crippen LogP contribution in [0.4, 0.5) is 5.69 Å². The van der Waals surface area contributed by atoms with Crippen LogP contribution in [0.2, 0.25) is 0 Å².